The SMILES string of the molecule is CCOC(=O)CN1C(=O)CCC1C(F)(F)F. The Morgan fingerprint density at radius 3 is 2.69 bits per heavy atom. The monoisotopic (exact) mass is 239 g/mol. The topological polar surface area (TPSA) is 46.6 Å². The molecule has 1 heterocycles. The van der Waals surface area contributed by atoms with Crippen molar-refractivity contribution in [1.29, 1.82) is 0 Å². The Morgan fingerprint density at radius 1 is 1.56 bits per heavy atom. The van der Waals surface area contributed by atoms with Gasteiger partial charge in [-0.3, -0.25) is 9.59 Å². The number of likely N-dealkylation sites (tertiary alicyclic amines) is 1. The van der Waals surface area contributed by atoms with E-state index in [1.165, 1.54) is 0 Å². The number of ether oxygens (including phenoxy) is 1. The van der Waals surface area contributed by atoms with E-state index in [-0.39, 0.29) is 19.4 Å². The molecule has 1 unspecified atom stereocenters. The van der Waals surface area contributed by atoms with E-state index in [9.17, 15) is 22.8 Å². The van der Waals surface area contributed by atoms with Crippen molar-refractivity contribution in [2.45, 2.75) is 32.0 Å². The molecule has 0 aromatic rings. The first kappa shape index (κ1) is 12.8. The molecule has 1 rings (SSSR count). The van der Waals surface area contributed by atoms with E-state index < -0.39 is 30.6 Å². The van der Waals surface area contributed by atoms with Gasteiger partial charge in [-0.05, 0) is 13.3 Å². The highest BCUT2D eigenvalue weighted by Gasteiger charge is 2.49. The minimum atomic E-state index is -4.49. The summed E-state index contributed by atoms with van der Waals surface area (Å²) < 4.78 is 41.9. The summed E-state index contributed by atoms with van der Waals surface area (Å²) >= 11 is 0. The molecule has 0 saturated carbocycles. The summed E-state index contributed by atoms with van der Waals surface area (Å²) in [6.07, 6.45) is -4.95. The zero-order valence-electron chi connectivity index (χ0n) is 8.71. The van der Waals surface area contributed by atoms with Crippen LogP contribution in [0.2, 0.25) is 0 Å². The molecule has 1 atom stereocenters. The molecule has 0 radical (unpaired) electrons. The van der Waals surface area contributed by atoms with Crippen LogP contribution in [0, 0.1) is 0 Å². The third kappa shape index (κ3) is 2.86. The van der Waals surface area contributed by atoms with Crippen molar-refractivity contribution >= 4 is 11.9 Å². The second kappa shape index (κ2) is 4.71. The molecule has 0 aliphatic carbocycles. The van der Waals surface area contributed by atoms with Gasteiger partial charge in [-0.1, -0.05) is 0 Å². The van der Waals surface area contributed by atoms with Crippen molar-refractivity contribution in [3.63, 3.8) is 0 Å². The highest BCUT2D eigenvalue weighted by molar-refractivity contribution is 5.84. The zero-order chi connectivity index (χ0) is 12.3. The van der Waals surface area contributed by atoms with Crippen LogP contribution >= 0.6 is 0 Å². The number of alkyl halides is 3. The Kier molecular flexibility index (Phi) is 3.77. The van der Waals surface area contributed by atoms with Crippen LogP contribution in [0.1, 0.15) is 19.8 Å². The number of amides is 1. The van der Waals surface area contributed by atoms with E-state index in [0.717, 1.165) is 0 Å². The molecule has 0 spiro atoms. The Labute approximate surface area is 90.3 Å². The Balaban J connectivity index is 2.67. The summed E-state index contributed by atoms with van der Waals surface area (Å²) in [5.74, 6) is -1.47. The van der Waals surface area contributed by atoms with Gasteiger partial charge in [0.15, 0.2) is 0 Å². The Hall–Kier alpha value is -1.27. The summed E-state index contributed by atoms with van der Waals surface area (Å²) in [7, 11) is 0. The molecule has 0 aromatic heterocycles. The smallest absolute Gasteiger partial charge is 0.408 e. The van der Waals surface area contributed by atoms with Gasteiger partial charge in [-0.25, -0.2) is 0 Å². The lowest BCUT2D eigenvalue weighted by Crippen LogP contribution is -2.45. The maximum Gasteiger partial charge on any atom is 0.408 e. The number of hydrogen-bond donors (Lipinski definition) is 0. The van der Waals surface area contributed by atoms with E-state index in [2.05, 4.69) is 4.74 Å². The third-order valence-corrected chi connectivity index (χ3v) is 2.31. The van der Waals surface area contributed by atoms with Crippen molar-refractivity contribution in [2.75, 3.05) is 13.2 Å². The molecule has 1 fully saturated rings. The van der Waals surface area contributed by atoms with E-state index in [1.54, 1.807) is 6.92 Å². The van der Waals surface area contributed by atoms with Crippen LogP contribution in [0.5, 0.6) is 0 Å². The van der Waals surface area contributed by atoms with Crippen molar-refractivity contribution < 1.29 is 27.5 Å². The average molecular weight is 239 g/mol. The van der Waals surface area contributed by atoms with Gasteiger partial charge in [0.1, 0.15) is 12.6 Å². The summed E-state index contributed by atoms with van der Waals surface area (Å²) in [5.41, 5.74) is 0. The maximum absolute atomic E-state index is 12.5. The minimum absolute atomic E-state index is 0.0809. The minimum Gasteiger partial charge on any atom is -0.465 e. The summed E-state index contributed by atoms with van der Waals surface area (Å²) in [5, 5.41) is 0. The third-order valence-electron chi connectivity index (χ3n) is 2.31. The molecule has 92 valence electrons. The van der Waals surface area contributed by atoms with Gasteiger partial charge >= 0.3 is 12.1 Å². The number of hydrogen-bond acceptors (Lipinski definition) is 3. The number of nitrogens with zero attached hydrogens (tertiary/aromatic N) is 1. The van der Waals surface area contributed by atoms with Gasteiger partial charge in [0.25, 0.3) is 0 Å². The fourth-order valence-corrected chi connectivity index (χ4v) is 1.62. The molecule has 4 nitrogen and oxygen atoms in total. The zero-order valence-corrected chi connectivity index (χ0v) is 8.71. The normalized spacial score (nSPS) is 21.4. The van der Waals surface area contributed by atoms with Crippen molar-refractivity contribution in [2.24, 2.45) is 0 Å². The van der Waals surface area contributed by atoms with Gasteiger partial charge in [0, 0.05) is 6.42 Å². The molecular formula is C9H12F3NO3. The molecule has 7 heteroatoms. The number of carbonyl (C=O) groups excluding carboxylic acids is 2. The van der Waals surface area contributed by atoms with Crippen molar-refractivity contribution in [3.8, 4) is 0 Å². The van der Waals surface area contributed by atoms with Gasteiger partial charge < -0.3 is 9.64 Å². The quantitative estimate of drug-likeness (QED) is 0.693. The number of halogens is 3. The molecular weight excluding hydrogens is 227 g/mol. The highest BCUT2D eigenvalue weighted by atomic mass is 19.4. The van der Waals surface area contributed by atoms with Crippen molar-refractivity contribution in [1.82, 2.24) is 4.90 Å². The van der Waals surface area contributed by atoms with E-state index in [4.69, 9.17) is 0 Å². The molecule has 0 aromatic carbocycles. The van der Waals surface area contributed by atoms with E-state index in [1.807, 2.05) is 0 Å². The molecule has 1 aliphatic heterocycles. The first-order chi connectivity index (χ1) is 7.36. The standard InChI is InChI=1S/C9H12F3NO3/c1-2-16-8(15)5-13-6(9(10,11)12)3-4-7(13)14/h6H,2-5H2,1H3. The van der Waals surface area contributed by atoms with Crippen LogP contribution in [0.15, 0.2) is 0 Å². The molecule has 16 heavy (non-hydrogen) atoms. The molecule has 0 N–H and O–H groups in total. The van der Waals surface area contributed by atoms with Gasteiger partial charge in [0.2, 0.25) is 5.91 Å². The second-order valence-corrected chi connectivity index (χ2v) is 3.42. The summed E-state index contributed by atoms with van der Waals surface area (Å²) in [6, 6.07) is -1.86. The summed E-state index contributed by atoms with van der Waals surface area (Å²) in [6.45, 7) is 0.999. The summed E-state index contributed by atoms with van der Waals surface area (Å²) in [4.78, 5) is 22.8. The van der Waals surface area contributed by atoms with Crippen molar-refractivity contribution in [3.05, 3.63) is 0 Å². The highest BCUT2D eigenvalue weighted by Crippen LogP contribution is 2.32. The predicted molar refractivity (Wildman–Crippen MR) is 47.4 cm³/mol. The van der Waals surface area contributed by atoms with Crippen LogP contribution < -0.4 is 0 Å². The van der Waals surface area contributed by atoms with Gasteiger partial charge in [0.05, 0.1) is 6.61 Å². The first-order valence-corrected chi connectivity index (χ1v) is 4.88. The van der Waals surface area contributed by atoms with Gasteiger partial charge in [-0.2, -0.15) is 13.2 Å². The largest absolute Gasteiger partial charge is 0.465 e. The fourth-order valence-electron chi connectivity index (χ4n) is 1.62. The van der Waals surface area contributed by atoms with E-state index in [0.29, 0.717) is 4.90 Å². The molecule has 0 bridgehead atoms. The average Bonchev–Trinajstić information content (AvgIpc) is 2.47. The van der Waals surface area contributed by atoms with E-state index >= 15 is 0 Å². The van der Waals surface area contributed by atoms with Crippen LogP contribution in [-0.2, 0) is 14.3 Å². The lowest BCUT2D eigenvalue weighted by Gasteiger charge is -2.25. The Morgan fingerprint density at radius 2 is 2.19 bits per heavy atom. The molecule has 1 amide bonds. The van der Waals surface area contributed by atoms with Crippen LogP contribution in [0.3, 0.4) is 0 Å². The number of esters is 1. The predicted octanol–water partition coefficient (Wildman–Crippen LogP) is 1.10. The Bertz CT molecular complexity index is 290. The lowest BCUT2D eigenvalue weighted by atomic mass is 10.2. The maximum atomic E-state index is 12.5. The number of rotatable bonds is 3. The van der Waals surface area contributed by atoms with Crippen LogP contribution in [-0.4, -0.2) is 42.1 Å². The second-order valence-electron chi connectivity index (χ2n) is 3.42. The molecule has 1 saturated heterocycles. The first-order valence-electron chi connectivity index (χ1n) is 4.88. The molecule has 1 aliphatic rings. The van der Waals surface area contributed by atoms with Crippen LogP contribution in [0.4, 0.5) is 13.2 Å². The van der Waals surface area contributed by atoms with Gasteiger partial charge in [-0.15, -0.1) is 0 Å². The lowest BCUT2D eigenvalue weighted by molar-refractivity contribution is -0.183. The van der Waals surface area contributed by atoms with Crippen LogP contribution in [0.25, 0.3) is 0 Å². The fraction of sp³-hybridized carbons (Fsp3) is 0.778. The number of carbonyl (C=O) groups is 2.